The van der Waals surface area contributed by atoms with E-state index in [1.807, 2.05) is 30.3 Å². The fourth-order valence-corrected chi connectivity index (χ4v) is 0.849. The zero-order chi connectivity index (χ0) is 8.81. The molecule has 62 valence electrons. The molecular formula is C11H12O. The summed E-state index contributed by atoms with van der Waals surface area (Å²) in [6.07, 6.45) is 3.31. The highest BCUT2D eigenvalue weighted by Gasteiger charge is 1.98. The Bertz CT molecular complexity index is 243. The maximum absolute atomic E-state index is 5.48. The van der Waals surface area contributed by atoms with Gasteiger partial charge in [-0.2, -0.15) is 0 Å². The summed E-state index contributed by atoms with van der Waals surface area (Å²) < 4.78 is 5.48. The Labute approximate surface area is 73.0 Å². The first-order valence-electron chi connectivity index (χ1n) is 3.83. The molecule has 0 aliphatic carbocycles. The molecule has 1 aromatic carbocycles. The average Bonchev–Trinajstić information content (AvgIpc) is 2.16. The van der Waals surface area contributed by atoms with Crippen LogP contribution in [-0.2, 0) is 0 Å². The summed E-state index contributed by atoms with van der Waals surface area (Å²) in [6, 6.07) is 9.61. The van der Waals surface area contributed by atoms with Crippen LogP contribution in [0.4, 0.5) is 0 Å². The summed E-state index contributed by atoms with van der Waals surface area (Å²) in [5, 5.41) is 0. The van der Waals surface area contributed by atoms with Crippen molar-refractivity contribution in [2.45, 2.75) is 6.10 Å². The van der Waals surface area contributed by atoms with Gasteiger partial charge in [-0.05, 0) is 24.3 Å². The Morgan fingerprint density at radius 3 is 2.17 bits per heavy atom. The number of hydrogen-bond acceptors (Lipinski definition) is 1. The summed E-state index contributed by atoms with van der Waals surface area (Å²) in [5.74, 6) is 0.835. The first-order valence-corrected chi connectivity index (χ1v) is 3.83. The van der Waals surface area contributed by atoms with Gasteiger partial charge in [0.05, 0.1) is 0 Å². The van der Waals surface area contributed by atoms with E-state index in [1.165, 1.54) is 0 Å². The van der Waals surface area contributed by atoms with Crippen molar-refractivity contribution in [2.75, 3.05) is 0 Å². The van der Waals surface area contributed by atoms with E-state index >= 15 is 0 Å². The molecule has 0 spiro atoms. The quantitative estimate of drug-likeness (QED) is 0.615. The molecule has 1 rings (SSSR count). The van der Waals surface area contributed by atoms with Crippen molar-refractivity contribution in [3.8, 4) is 5.75 Å². The Morgan fingerprint density at radius 1 is 1.08 bits per heavy atom. The molecule has 1 aromatic rings. The third-order valence-corrected chi connectivity index (χ3v) is 1.48. The van der Waals surface area contributed by atoms with Gasteiger partial charge in [-0.25, -0.2) is 0 Å². The lowest BCUT2D eigenvalue weighted by Gasteiger charge is -2.10. The Kier molecular flexibility index (Phi) is 3.15. The smallest absolute Gasteiger partial charge is 0.135 e. The first kappa shape index (κ1) is 8.60. The number of hydrogen-bond donors (Lipinski definition) is 0. The molecule has 0 aliphatic rings. The first-order chi connectivity index (χ1) is 5.86. The molecule has 0 saturated carbocycles. The highest BCUT2D eigenvalue weighted by Crippen LogP contribution is 2.11. The number of ether oxygens (including phenoxy) is 1. The van der Waals surface area contributed by atoms with Crippen LogP contribution in [0.2, 0.25) is 0 Å². The predicted octanol–water partition coefficient (Wildman–Crippen LogP) is 2.81. The van der Waals surface area contributed by atoms with Crippen LogP contribution in [0.3, 0.4) is 0 Å². The molecule has 0 aromatic heterocycles. The molecular weight excluding hydrogens is 148 g/mol. The van der Waals surface area contributed by atoms with Crippen LogP contribution in [0.1, 0.15) is 0 Å². The van der Waals surface area contributed by atoms with E-state index < -0.39 is 0 Å². The molecule has 0 aliphatic heterocycles. The van der Waals surface area contributed by atoms with E-state index in [1.54, 1.807) is 12.2 Å². The van der Waals surface area contributed by atoms with Crippen LogP contribution in [0.5, 0.6) is 5.75 Å². The van der Waals surface area contributed by atoms with Gasteiger partial charge in [-0.15, -0.1) is 0 Å². The Balaban J connectivity index is 2.62. The largest absolute Gasteiger partial charge is 0.482 e. The molecule has 1 heteroatoms. The summed E-state index contributed by atoms with van der Waals surface area (Å²) in [5.41, 5.74) is 0. The monoisotopic (exact) mass is 160 g/mol. The second-order valence-corrected chi connectivity index (χ2v) is 2.37. The van der Waals surface area contributed by atoms with Gasteiger partial charge < -0.3 is 4.74 Å². The van der Waals surface area contributed by atoms with E-state index in [4.69, 9.17) is 4.74 Å². The third kappa shape index (κ3) is 2.27. The summed E-state index contributed by atoms with van der Waals surface area (Å²) in [4.78, 5) is 0. The fourth-order valence-electron chi connectivity index (χ4n) is 0.849. The van der Waals surface area contributed by atoms with Crippen molar-refractivity contribution in [2.24, 2.45) is 0 Å². The van der Waals surface area contributed by atoms with Crippen molar-refractivity contribution >= 4 is 0 Å². The second-order valence-electron chi connectivity index (χ2n) is 2.37. The average molecular weight is 160 g/mol. The van der Waals surface area contributed by atoms with E-state index in [9.17, 15) is 0 Å². The topological polar surface area (TPSA) is 9.23 Å². The van der Waals surface area contributed by atoms with Gasteiger partial charge in [-0.3, -0.25) is 0 Å². The van der Waals surface area contributed by atoms with Gasteiger partial charge in [0.1, 0.15) is 11.9 Å². The van der Waals surface area contributed by atoms with E-state index in [0.717, 1.165) is 5.75 Å². The van der Waals surface area contributed by atoms with Gasteiger partial charge in [-0.1, -0.05) is 31.4 Å². The lowest BCUT2D eigenvalue weighted by atomic mass is 10.3. The third-order valence-electron chi connectivity index (χ3n) is 1.48. The van der Waals surface area contributed by atoms with Crippen LogP contribution in [0.15, 0.2) is 55.6 Å². The van der Waals surface area contributed by atoms with Gasteiger partial charge >= 0.3 is 0 Å². The standard InChI is InChI=1S/C11H12O/c1-3-10(4-2)12-11-8-6-5-7-9-11/h3-10H,1-2H2. The van der Waals surface area contributed by atoms with Crippen LogP contribution in [0.25, 0.3) is 0 Å². The lowest BCUT2D eigenvalue weighted by Crippen LogP contribution is -2.08. The SMILES string of the molecule is C=CC(C=C)Oc1ccccc1. The highest BCUT2D eigenvalue weighted by atomic mass is 16.5. The Morgan fingerprint density at radius 2 is 1.67 bits per heavy atom. The van der Waals surface area contributed by atoms with Gasteiger partial charge in [0.2, 0.25) is 0 Å². The van der Waals surface area contributed by atoms with Gasteiger partial charge in [0, 0.05) is 0 Å². The van der Waals surface area contributed by atoms with Crippen molar-refractivity contribution in [3.63, 3.8) is 0 Å². The van der Waals surface area contributed by atoms with Gasteiger partial charge in [0.15, 0.2) is 0 Å². The molecule has 12 heavy (non-hydrogen) atoms. The van der Waals surface area contributed by atoms with Crippen molar-refractivity contribution in [3.05, 3.63) is 55.6 Å². The fraction of sp³-hybridized carbons (Fsp3) is 0.0909. The van der Waals surface area contributed by atoms with E-state index in [-0.39, 0.29) is 6.10 Å². The van der Waals surface area contributed by atoms with Crippen LogP contribution >= 0.6 is 0 Å². The minimum absolute atomic E-state index is 0.104. The molecule has 0 bridgehead atoms. The Hall–Kier alpha value is -1.50. The normalized spacial score (nSPS) is 9.42. The minimum atomic E-state index is -0.104. The second kappa shape index (κ2) is 4.39. The predicted molar refractivity (Wildman–Crippen MR) is 51.3 cm³/mol. The lowest BCUT2D eigenvalue weighted by molar-refractivity contribution is 0.297. The van der Waals surface area contributed by atoms with E-state index in [0.29, 0.717) is 0 Å². The molecule has 0 unspecified atom stereocenters. The zero-order valence-electron chi connectivity index (χ0n) is 6.94. The maximum Gasteiger partial charge on any atom is 0.135 e. The van der Waals surface area contributed by atoms with Crippen LogP contribution < -0.4 is 4.74 Å². The zero-order valence-corrected chi connectivity index (χ0v) is 6.94. The van der Waals surface area contributed by atoms with Crippen LogP contribution in [0, 0.1) is 0 Å². The minimum Gasteiger partial charge on any atom is -0.482 e. The molecule has 0 amide bonds. The molecule has 0 fully saturated rings. The molecule has 0 saturated heterocycles. The molecule has 0 atom stereocenters. The molecule has 1 nitrogen and oxygen atoms in total. The number of benzene rings is 1. The van der Waals surface area contributed by atoms with Crippen molar-refractivity contribution in [1.29, 1.82) is 0 Å². The number of para-hydroxylation sites is 1. The highest BCUT2D eigenvalue weighted by molar-refractivity contribution is 5.22. The van der Waals surface area contributed by atoms with Crippen LogP contribution in [-0.4, -0.2) is 6.10 Å². The molecule has 0 radical (unpaired) electrons. The summed E-state index contributed by atoms with van der Waals surface area (Å²) >= 11 is 0. The van der Waals surface area contributed by atoms with E-state index in [2.05, 4.69) is 13.2 Å². The maximum atomic E-state index is 5.48. The molecule has 0 heterocycles. The van der Waals surface area contributed by atoms with Gasteiger partial charge in [0.25, 0.3) is 0 Å². The molecule has 0 N–H and O–H groups in total. The van der Waals surface area contributed by atoms with Crippen molar-refractivity contribution < 1.29 is 4.74 Å². The summed E-state index contributed by atoms with van der Waals surface area (Å²) in [7, 11) is 0. The summed E-state index contributed by atoms with van der Waals surface area (Å²) in [6.45, 7) is 7.26. The number of rotatable bonds is 4. The van der Waals surface area contributed by atoms with Crippen molar-refractivity contribution in [1.82, 2.24) is 0 Å².